The molecule has 0 amide bonds. The predicted molar refractivity (Wildman–Crippen MR) is 84.2 cm³/mol. The summed E-state index contributed by atoms with van der Waals surface area (Å²) in [5.41, 5.74) is 2.40. The Kier molecular flexibility index (Phi) is 3.84. The van der Waals surface area contributed by atoms with Gasteiger partial charge in [0.2, 0.25) is 0 Å². The van der Waals surface area contributed by atoms with Crippen molar-refractivity contribution < 1.29 is 18.7 Å². The highest BCUT2D eigenvalue weighted by Gasteiger charge is 2.47. The van der Waals surface area contributed by atoms with Crippen LogP contribution in [-0.2, 0) is 4.79 Å². The summed E-state index contributed by atoms with van der Waals surface area (Å²) in [4.78, 5) is 12.4. The Hall–Kier alpha value is -1.33. The second-order valence-corrected chi connectivity index (χ2v) is 7.09. The largest absolute Gasteiger partial charge is 0.389 e. The van der Waals surface area contributed by atoms with Gasteiger partial charge in [0.25, 0.3) is 5.92 Å². The molecule has 0 bridgehead atoms. The number of aliphatic hydroxyl groups excluding tert-OH is 1. The minimum Gasteiger partial charge on any atom is -0.389 e. The number of carbonyl (C=O) groups excluding carboxylic acids is 1. The first-order chi connectivity index (χ1) is 10.6. The van der Waals surface area contributed by atoms with E-state index in [1.54, 1.807) is 26.8 Å². The van der Waals surface area contributed by atoms with E-state index in [0.717, 1.165) is 12.5 Å². The summed E-state index contributed by atoms with van der Waals surface area (Å²) in [6.07, 6.45) is 3.22. The Labute approximate surface area is 135 Å². The van der Waals surface area contributed by atoms with Gasteiger partial charge in [-0.05, 0) is 31.4 Å². The zero-order chi connectivity index (χ0) is 17.1. The fraction of sp³-hybridized carbons (Fsp3) is 0.611. The number of alkyl halides is 2. The van der Waals surface area contributed by atoms with Crippen LogP contribution in [0.1, 0.15) is 34.1 Å². The molecule has 5 heteroatoms. The van der Waals surface area contributed by atoms with Crippen molar-refractivity contribution in [3.8, 4) is 0 Å². The molecule has 5 unspecified atom stereocenters. The van der Waals surface area contributed by atoms with E-state index in [4.69, 9.17) is 0 Å². The maximum Gasteiger partial charge on any atom is 0.267 e. The molecule has 0 aromatic heterocycles. The first-order valence-electron chi connectivity index (χ1n) is 8.08. The second-order valence-electron chi connectivity index (χ2n) is 7.09. The van der Waals surface area contributed by atoms with Gasteiger partial charge in [-0.2, -0.15) is 0 Å². The van der Waals surface area contributed by atoms with Gasteiger partial charge in [0, 0.05) is 30.4 Å². The van der Waals surface area contributed by atoms with Gasteiger partial charge in [0.1, 0.15) is 0 Å². The highest BCUT2D eigenvalue weighted by atomic mass is 19.3. The number of rotatable bonds is 3. The molecule has 0 radical (unpaired) electrons. The van der Waals surface area contributed by atoms with Crippen LogP contribution >= 0.6 is 0 Å². The van der Waals surface area contributed by atoms with E-state index < -0.39 is 18.1 Å². The van der Waals surface area contributed by atoms with E-state index in [1.165, 1.54) is 0 Å². The molecule has 5 atom stereocenters. The van der Waals surface area contributed by atoms with E-state index >= 15 is 0 Å². The van der Waals surface area contributed by atoms with Crippen molar-refractivity contribution in [2.45, 2.75) is 58.2 Å². The van der Waals surface area contributed by atoms with Crippen LogP contribution in [0.25, 0.3) is 0 Å². The lowest BCUT2D eigenvalue weighted by Crippen LogP contribution is -2.49. The van der Waals surface area contributed by atoms with Crippen LogP contribution in [0.15, 0.2) is 34.4 Å². The monoisotopic (exact) mass is 323 g/mol. The first-order valence-corrected chi connectivity index (χ1v) is 8.08. The molecule has 3 nitrogen and oxygen atoms in total. The molecule has 0 aromatic carbocycles. The molecule has 2 N–H and O–H groups in total. The molecule has 0 heterocycles. The topological polar surface area (TPSA) is 49.3 Å². The van der Waals surface area contributed by atoms with Crippen LogP contribution in [0.4, 0.5) is 8.78 Å². The Morgan fingerprint density at radius 2 is 1.96 bits per heavy atom. The summed E-state index contributed by atoms with van der Waals surface area (Å²) in [5, 5.41) is 13.3. The number of halogens is 2. The van der Waals surface area contributed by atoms with Gasteiger partial charge in [-0.15, -0.1) is 0 Å². The van der Waals surface area contributed by atoms with Crippen molar-refractivity contribution >= 4 is 5.78 Å². The highest BCUT2D eigenvalue weighted by Crippen LogP contribution is 2.49. The quantitative estimate of drug-likeness (QED) is 0.785. The number of allylic oxidation sites excluding steroid dienone is 1. The Morgan fingerprint density at radius 3 is 2.57 bits per heavy atom. The highest BCUT2D eigenvalue weighted by molar-refractivity contribution is 6.00. The lowest BCUT2D eigenvalue weighted by molar-refractivity contribution is -0.119. The Morgan fingerprint density at radius 1 is 1.30 bits per heavy atom. The first kappa shape index (κ1) is 16.5. The number of aliphatic hydroxyl groups is 1. The summed E-state index contributed by atoms with van der Waals surface area (Å²) >= 11 is 0. The third kappa shape index (κ3) is 2.81. The van der Waals surface area contributed by atoms with Crippen molar-refractivity contribution in [3.63, 3.8) is 0 Å². The maximum atomic E-state index is 13.8. The minimum absolute atomic E-state index is 0.0492. The Balaban J connectivity index is 1.81. The third-order valence-electron chi connectivity index (χ3n) is 5.50. The molecular formula is C18H23F2NO2. The van der Waals surface area contributed by atoms with Crippen LogP contribution in [0, 0.1) is 11.8 Å². The molecule has 126 valence electrons. The number of Topliss-reactive ketones (excluding diaryl/α,β-unsaturated/α-hetero) is 1. The lowest BCUT2D eigenvalue weighted by Gasteiger charge is -2.34. The smallest absolute Gasteiger partial charge is 0.267 e. The van der Waals surface area contributed by atoms with Gasteiger partial charge >= 0.3 is 0 Å². The van der Waals surface area contributed by atoms with E-state index in [1.807, 2.05) is 6.08 Å². The fourth-order valence-corrected chi connectivity index (χ4v) is 3.79. The van der Waals surface area contributed by atoms with Crippen molar-refractivity contribution in [1.29, 1.82) is 0 Å². The summed E-state index contributed by atoms with van der Waals surface area (Å²) in [6, 6.07) is -0.820. The van der Waals surface area contributed by atoms with E-state index in [2.05, 4.69) is 5.32 Å². The normalized spacial score (nSPS) is 37.3. The SMILES string of the molecule is CC1=C(C)C(O)CC(NC2C=C(C(C)(F)F)C(C)C3=CC32)C1=O. The van der Waals surface area contributed by atoms with Crippen molar-refractivity contribution in [1.82, 2.24) is 5.32 Å². The maximum absolute atomic E-state index is 13.8. The zero-order valence-corrected chi connectivity index (χ0v) is 13.9. The molecule has 3 aliphatic carbocycles. The fourth-order valence-electron chi connectivity index (χ4n) is 3.79. The molecule has 0 fully saturated rings. The van der Waals surface area contributed by atoms with Gasteiger partial charge in [-0.25, -0.2) is 8.78 Å². The Bertz CT molecular complexity index is 642. The van der Waals surface area contributed by atoms with Crippen molar-refractivity contribution in [2.24, 2.45) is 11.8 Å². The minimum atomic E-state index is -2.86. The summed E-state index contributed by atoms with van der Waals surface area (Å²) < 4.78 is 27.6. The van der Waals surface area contributed by atoms with Gasteiger partial charge in [0.05, 0.1) is 12.1 Å². The average Bonchev–Trinajstić information content (AvgIpc) is 3.25. The third-order valence-corrected chi connectivity index (χ3v) is 5.50. The molecule has 0 spiro atoms. The second kappa shape index (κ2) is 5.35. The number of hydrogen-bond donors (Lipinski definition) is 2. The number of fused-ring (bicyclic) bond motifs is 1. The molecule has 0 saturated carbocycles. The zero-order valence-electron chi connectivity index (χ0n) is 13.9. The van der Waals surface area contributed by atoms with Crippen LogP contribution in [-0.4, -0.2) is 35.0 Å². The van der Waals surface area contributed by atoms with Crippen LogP contribution in [0.3, 0.4) is 0 Å². The molecule has 0 saturated heterocycles. The molecule has 3 rings (SSSR count). The van der Waals surface area contributed by atoms with Gasteiger partial charge in [-0.3, -0.25) is 10.1 Å². The van der Waals surface area contributed by atoms with Gasteiger partial charge in [0.15, 0.2) is 5.78 Å². The van der Waals surface area contributed by atoms with Crippen LogP contribution < -0.4 is 5.32 Å². The summed E-state index contributed by atoms with van der Waals surface area (Å²) in [6.45, 7) is 6.19. The standard InChI is InChI=1S/C18H23F2NO2/c1-8-9(2)17(23)15(7-16(8)22)21-14-6-13(18(4,19)20)10(3)11-5-12(11)14/h5-6,10,12,14-16,21-22H,7H2,1-4H3. The van der Waals surface area contributed by atoms with E-state index in [-0.39, 0.29) is 29.2 Å². The predicted octanol–water partition coefficient (Wildman–Crippen LogP) is 2.77. The van der Waals surface area contributed by atoms with Gasteiger partial charge in [-0.1, -0.05) is 24.6 Å². The summed E-state index contributed by atoms with van der Waals surface area (Å²) in [7, 11) is 0. The van der Waals surface area contributed by atoms with E-state index in [9.17, 15) is 18.7 Å². The lowest BCUT2D eigenvalue weighted by atomic mass is 9.82. The van der Waals surface area contributed by atoms with Gasteiger partial charge < -0.3 is 5.11 Å². The molecule has 3 aliphatic rings. The summed E-state index contributed by atoms with van der Waals surface area (Å²) in [5.74, 6) is -3.04. The average molecular weight is 323 g/mol. The van der Waals surface area contributed by atoms with Crippen molar-refractivity contribution in [3.05, 3.63) is 34.4 Å². The number of carbonyl (C=O) groups is 1. The molecule has 0 aliphatic heterocycles. The number of nitrogens with one attached hydrogen (secondary N) is 1. The van der Waals surface area contributed by atoms with Crippen LogP contribution in [0.2, 0.25) is 0 Å². The van der Waals surface area contributed by atoms with Crippen LogP contribution in [0.5, 0.6) is 0 Å². The van der Waals surface area contributed by atoms with Crippen molar-refractivity contribution in [2.75, 3.05) is 0 Å². The molecular weight excluding hydrogens is 300 g/mol. The molecule has 23 heavy (non-hydrogen) atoms. The number of ketones is 1. The number of hydrogen-bond acceptors (Lipinski definition) is 3. The van der Waals surface area contributed by atoms with E-state index in [0.29, 0.717) is 17.6 Å². The molecule has 0 aromatic rings.